The summed E-state index contributed by atoms with van der Waals surface area (Å²) in [4.78, 5) is 0. The van der Waals surface area contributed by atoms with Crippen LogP contribution in [0.1, 0.15) is 25.0 Å². The Morgan fingerprint density at radius 2 is 1.89 bits per heavy atom. The first kappa shape index (κ1) is 13.2. The maximum atomic E-state index is 8.77. The molecule has 0 aliphatic carbocycles. The minimum atomic E-state index is -1.15. The van der Waals surface area contributed by atoms with Gasteiger partial charge in [0.15, 0.2) is 0 Å². The highest BCUT2D eigenvalue weighted by molar-refractivity contribution is 6.40. The van der Waals surface area contributed by atoms with E-state index in [2.05, 4.69) is 41.8 Å². The molecule has 0 aliphatic heterocycles. The van der Waals surface area contributed by atoms with Crippen molar-refractivity contribution < 1.29 is 10.0 Å². The summed E-state index contributed by atoms with van der Waals surface area (Å²) in [6.45, 7) is 3.14. The first-order chi connectivity index (χ1) is 8.68. The van der Waals surface area contributed by atoms with Gasteiger partial charge in [0.25, 0.3) is 0 Å². The molecule has 0 radical (unpaired) electrons. The van der Waals surface area contributed by atoms with Gasteiger partial charge < -0.3 is 14.6 Å². The zero-order chi connectivity index (χ0) is 13.0. The van der Waals surface area contributed by atoms with Gasteiger partial charge in [0.1, 0.15) is 0 Å². The number of fused-ring (bicyclic) bond motifs is 1. The third-order valence-corrected chi connectivity index (χ3v) is 3.36. The molecular weight excluding hydrogens is 225 g/mol. The third kappa shape index (κ3) is 3.15. The molecule has 0 atom stereocenters. The van der Waals surface area contributed by atoms with Crippen LogP contribution < -0.4 is 0 Å². The second-order valence-electron chi connectivity index (χ2n) is 4.83. The molecular formula is C14H20BNO2. The molecule has 18 heavy (non-hydrogen) atoms. The zero-order valence-electron chi connectivity index (χ0n) is 10.8. The molecule has 4 heteroatoms. The molecule has 0 amide bonds. The molecule has 2 rings (SSSR count). The lowest BCUT2D eigenvalue weighted by molar-refractivity contribution is 0.401. The number of nitrogens with zero attached hydrogens (tertiary/aromatic N) is 1. The van der Waals surface area contributed by atoms with Crippen LogP contribution in [-0.2, 0) is 6.54 Å². The Balaban J connectivity index is 1.93. The Labute approximate surface area is 108 Å². The summed E-state index contributed by atoms with van der Waals surface area (Å²) in [6.07, 6.45) is 3.46. The van der Waals surface area contributed by atoms with E-state index in [1.165, 1.54) is 16.6 Å². The van der Waals surface area contributed by atoms with Crippen molar-refractivity contribution in [2.45, 2.75) is 39.1 Å². The van der Waals surface area contributed by atoms with Crippen molar-refractivity contribution >= 4 is 18.0 Å². The summed E-state index contributed by atoms with van der Waals surface area (Å²) in [5, 5.41) is 18.8. The maximum absolute atomic E-state index is 8.77. The number of benzene rings is 1. The number of aryl methyl sites for hydroxylation is 2. The van der Waals surface area contributed by atoms with Gasteiger partial charge in [-0.1, -0.05) is 31.0 Å². The summed E-state index contributed by atoms with van der Waals surface area (Å²) < 4.78 is 2.34. The van der Waals surface area contributed by atoms with E-state index in [-0.39, 0.29) is 0 Å². The maximum Gasteiger partial charge on any atom is 0.451 e. The predicted molar refractivity (Wildman–Crippen MR) is 75.5 cm³/mol. The van der Waals surface area contributed by atoms with E-state index in [0.717, 1.165) is 25.8 Å². The van der Waals surface area contributed by atoms with Crippen LogP contribution in [0.5, 0.6) is 0 Å². The van der Waals surface area contributed by atoms with E-state index >= 15 is 0 Å². The van der Waals surface area contributed by atoms with Crippen LogP contribution in [0, 0.1) is 6.92 Å². The van der Waals surface area contributed by atoms with Gasteiger partial charge in [-0.25, -0.2) is 0 Å². The van der Waals surface area contributed by atoms with Crippen molar-refractivity contribution in [1.29, 1.82) is 0 Å². The lowest BCUT2D eigenvalue weighted by Gasteiger charge is -2.08. The molecule has 0 unspecified atom stereocenters. The molecule has 1 heterocycles. The van der Waals surface area contributed by atoms with Crippen LogP contribution in [0.2, 0.25) is 6.32 Å². The van der Waals surface area contributed by atoms with Crippen molar-refractivity contribution in [3.63, 3.8) is 0 Å². The standard InChI is InChI=1S/C14H20BNO2/c1-12-11-13-7-3-4-8-14(13)16(12)10-6-2-5-9-15(17)18/h3-4,7-8,11,17-18H,2,5-6,9-10H2,1H3. The van der Waals surface area contributed by atoms with E-state index in [1.807, 2.05) is 0 Å². The van der Waals surface area contributed by atoms with Crippen LogP contribution in [0.3, 0.4) is 0 Å². The van der Waals surface area contributed by atoms with Crippen LogP contribution in [0.15, 0.2) is 30.3 Å². The minimum Gasteiger partial charge on any atom is -0.427 e. The lowest BCUT2D eigenvalue weighted by atomic mass is 9.83. The molecule has 0 spiro atoms. The topological polar surface area (TPSA) is 45.4 Å². The first-order valence-corrected chi connectivity index (χ1v) is 6.59. The van der Waals surface area contributed by atoms with Gasteiger partial charge >= 0.3 is 7.12 Å². The third-order valence-electron chi connectivity index (χ3n) is 3.36. The Morgan fingerprint density at radius 1 is 1.11 bits per heavy atom. The molecule has 1 aromatic heterocycles. The average molecular weight is 245 g/mol. The summed E-state index contributed by atoms with van der Waals surface area (Å²) in [5.74, 6) is 0. The quantitative estimate of drug-likeness (QED) is 0.607. The molecule has 2 aromatic rings. The molecule has 1 aromatic carbocycles. The summed E-state index contributed by atoms with van der Waals surface area (Å²) in [5.41, 5.74) is 2.58. The fourth-order valence-corrected chi connectivity index (χ4v) is 2.42. The van der Waals surface area contributed by atoms with Crippen LogP contribution in [0.4, 0.5) is 0 Å². The lowest BCUT2D eigenvalue weighted by Crippen LogP contribution is -2.09. The smallest absolute Gasteiger partial charge is 0.427 e. The van der Waals surface area contributed by atoms with Crippen molar-refractivity contribution in [3.05, 3.63) is 36.0 Å². The number of aromatic nitrogens is 1. The minimum absolute atomic E-state index is 0.478. The Hall–Kier alpha value is -1.26. The number of hydrogen-bond acceptors (Lipinski definition) is 2. The Kier molecular flexibility index (Phi) is 4.45. The monoisotopic (exact) mass is 245 g/mol. The number of unbranched alkanes of at least 4 members (excludes halogenated alkanes) is 2. The number of rotatable bonds is 6. The number of hydrogen-bond donors (Lipinski definition) is 2. The molecule has 0 aliphatic rings. The molecule has 0 saturated carbocycles. The zero-order valence-corrected chi connectivity index (χ0v) is 10.8. The van der Waals surface area contributed by atoms with Gasteiger partial charge in [-0.05, 0) is 37.2 Å². The number of para-hydroxylation sites is 1. The van der Waals surface area contributed by atoms with Crippen LogP contribution in [0.25, 0.3) is 10.9 Å². The van der Waals surface area contributed by atoms with Crippen molar-refractivity contribution in [2.24, 2.45) is 0 Å². The van der Waals surface area contributed by atoms with E-state index in [4.69, 9.17) is 10.0 Å². The summed E-state index contributed by atoms with van der Waals surface area (Å²) in [6, 6.07) is 10.6. The van der Waals surface area contributed by atoms with Crippen molar-refractivity contribution in [3.8, 4) is 0 Å². The second-order valence-corrected chi connectivity index (χ2v) is 4.83. The summed E-state index contributed by atoms with van der Waals surface area (Å²) in [7, 11) is -1.15. The van der Waals surface area contributed by atoms with E-state index in [9.17, 15) is 0 Å². The average Bonchev–Trinajstić information content (AvgIpc) is 2.65. The fourth-order valence-electron chi connectivity index (χ4n) is 2.42. The van der Waals surface area contributed by atoms with Crippen molar-refractivity contribution in [1.82, 2.24) is 4.57 Å². The van der Waals surface area contributed by atoms with Gasteiger partial charge in [0, 0.05) is 17.8 Å². The molecule has 2 N–H and O–H groups in total. The Morgan fingerprint density at radius 3 is 2.67 bits per heavy atom. The highest BCUT2D eigenvalue weighted by Crippen LogP contribution is 2.20. The van der Waals surface area contributed by atoms with Crippen LogP contribution in [-0.4, -0.2) is 21.7 Å². The van der Waals surface area contributed by atoms with Gasteiger partial charge in [-0.2, -0.15) is 0 Å². The van der Waals surface area contributed by atoms with Gasteiger partial charge in [-0.15, -0.1) is 0 Å². The highest BCUT2D eigenvalue weighted by Gasteiger charge is 2.06. The van der Waals surface area contributed by atoms with E-state index in [0.29, 0.717) is 6.32 Å². The predicted octanol–water partition coefficient (Wildman–Crippen LogP) is 2.59. The van der Waals surface area contributed by atoms with Gasteiger partial charge in [0.05, 0.1) is 0 Å². The van der Waals surface area contributed by atoms with E-state index < -0.39 is 7.12 Å². The molecule has 96 valence electrons. The highest BCUT2D eigenvalue weighted by atomic mass is 16.4. The first-order valence-electron chi connectivity index (χ1n) is 6.59. The largest absolute Gasteiger partial charge is 0.451 e. The van der Waals surface area contributed by atoms with Gasteiger partial charge in [0.2, 0.25) is 0 Å². The SMILES string of the molecule is Cc1cc2ccccc2n1CCCCCB(O)O. The molecule has 3 nitrogen and oxygen atoms in total. The molecule has 0 saturated heterocycles. The van der Waals surface area contributed by atoms with Gasteiger partial charge in [-0.3, -0.25) is 0 Å². The molecule has 0 fully saturated rings. The molecule has 0 bridgehead atoms. The normalized spacial score (nSPS) is 11.1. The second kappa shape index (κ2) is 6.07. The van der Waals surface area contributed by atoms with Crippen molar-refractivity contribution in [2.75, 3.05) is 0 Å². The fraction of sp³-hybridized carbons (Fsp3) is 0.429. The summed E-state index contributed by atoms with van der Waals surface area (Å²) >= 11 is 0. The van der Waals surface area contributed by atoms with E-state index in [1.54, 1.807) is 0 Å². The van der Waals surface area contributed by atoms with Crippen LogP contribution >= 0.6 is 0 Å². The Bertz CT molecular complexity index is 507.